The van der Waals surface area contributed by atoms with E-state index in [4.69, 9.17) is 24.3 Å². The number of phosphoric acid groups is 1. The number of unbranched alkanes of at least 4 members (excludes halogenated alkanes) is 51. The van der Waals surface area contributed by atoms with Crippen LogP contribution in [0.2, 0.25) is 0 Å². The number of ether oxygens (including phenoxy) is 2. The molecule has 2 unspecified atom stereocenters. The number of carbonyl (C=O) groups excluding carboxylic acids is 2. The lowest BCUT2D eigenvalue weighted by molar-refractivity contribution is -0.161. The average molecular weight is 1190 g/mol. The van der Waals surface area contributed by atoms with Crippen molar-refractivity contribution in [3.8, 4) is 0 Å². The van der Waals surface area contributed by atoms with Crippen molar-refractivity contribution in [3.63, 3.8) is 0 Å². The van der Waals surface area contributed by atoms with E-state index in [0.717, 1.165) is 44.9 Å². The summed E-state index contributed by atoms with van der Waals surface area (Å²) in [4.78, 5) is 35.4. The molecule has 0 spiro atoms. The van der Waals surface area contributed by atoms with Crippen LogP contribution in [0.15, 0.2) is 36.5 Å². The molecule has 0 radical (unpaired) electrons. The largest absolute Gasteiger partial charge is 0.472 e. The van der Waals surface area contributed by atoms with Crippen LogP contribution in [0.3, 0.4) is 0 Å². The van der Waals surface area contributed by atoms with Crippen LogP contribution in [0.1, 0.15) is 386 Å². The molecule has 2 atom stereocenters. The average Bonchev–Trinajstić information content (AvgIpc) is 3.49. The number of hydrogen-bond acceptors (Lipinski definition) is 8. The van der Waals surface area contributed by atoms with Crippen LogP contribution in [0.5, 0.6) is 0 Å². The first-order valence-corrected chi connectivity index (χ1v) is 38.0. The maximum atomic E-state index is 12.8. The molecular weight excluding hydrogens is 1050 g/mol. The smallest absolute Gasteiger partial charge is 0.462 e. The first-order valence-electron chi connectivity index (χ1n) is 36.5. The van der Waals surface area contributed by atoms with Gasteiger partial charge in [-0.1, -0.05) is 359 Å². The Morgan fingerprint density at radius 2 is 0.627 bits per heavy atom. The molecule has 0 amide bonds. The summed E-state index contributed by atoms with van der Waals surface area (Å²) in [6.45, 7) is 3.81. The maximum absolute atomic E-state index is 12.8. The fraction of sp³-hybridized carbons (Fsp3) is 0.890. The lowest BCUT2D eigenvalue weighted by Crippen LogP contribution is -2.29. The molecule has 3 N–H and O–H groups in total. The molecule has 10 heteroatoms. The summed E-state index contributed by atoms with van der Waals surface area (Å²) >= 11 is 0. The monoisotopic (exact) mass is 1190 g/mol. The molecule has 0 saturated heterocycles. The van der Waals surface area contributed by atoms with Crippen molar-refractivity contribution in [2.45, 2.75) is 392 Å². The highest BCUT2D eigenvalue weighted by Gasteiger charge is 2.26. The van der Waals surface area contributed by atoms with Gasteiger partial charge in [0.2, 0.25) is 0 Å². The summed E-state index contributed by atoms with van der Waals surface area (Å²) < 4.78 is 33.2. The Morgan fingerprint density at radius 1 is 0.361 bits per heavy atom. The van der Waals surface area contributed by atoms with Crippen molar-refractivity contribution in [1.82, 2.24) is 0 Å². The van der Waals surface area contributed by atoms with Gasteiger partial charge in [0.15, 0.2) is 6.10 Å². The fourth-order valence-electron chi connectivity index (χ4n) is 11.1. The van der Waals surface area contributed by atoms with Gasteiger partial charge in [-0.2, -0.15) is 0 Å². The summed E-state index contributed by atoms with van der Waals surface area (Å²) in [5.74, 6) is -0.803. The topological polar surface area (TPSA) is 134 Å². The van der Waals surface area contributed by atoms with Gasteiger partial charge in [-0.05, 0) is 51.4 Å². The molecule has 9 nitrogen and oxygen atoms in total. The van der Waals surface area contributed by atoms with Gasteiger partial charge in [0.1, 0.15) is 6.61 Å². The van der Waals surface area contributed by atoms with Gasteiger partial charge in [0, 0.05) is 19.4 Å². The van der Waals surface area contributed by atoms with Crippen molar-refractivity contribution in [1.29, 1.82) is 0 Å². The maximum Gasteiger partial charge on any atom is 0.472 e. The second-order valence-corrected chi connectivity index (χ2v) is 26.3. The van der Waals surface area contributed by atoms with Crippen molar-refractivity contribution >= 4 is 19.8 Å². The second kappa shape index (κ2) is 69.3. The number of hydrogen-bond donors (Lipinski definition) is 2. The van der Waals surface area contributed by atoms with E-state index in [-0.39, 0.29) is 38.6 Å². The Morgan fingerprint density at radius 3 is 0.928 bits per heavy atom. The molecule has 490 valence electrons. The van der Waals surface area contributed by atoms with E-state index in [0.29, 0.717) is 6.42 Å². The van der Waals surface area contributed by atoms with Crippen LogP contribution < -0.4 is 5.73 Å². The fourth-order valence-corrected chi connectivity index (χ4v) is 11.9. The van der Waals surface area contributed by atoms with E-state index >= 15 is 0 Å². The van der Waals surface area contributed by atoms with Crippen molar-refractivity contribution in [3.05, 3.63) is 36.5 Å². The van der Waals surface area contributed by atoms with Crippen LogP contribution in [0.25, 0.3) is 0 Å². The summed E-state index contributed by atoms with van der Waals surface area (Å²) in [6.07, 6.45) is 86.8. The zero-order chi connectivity index (χ0) is 60.1. The lowest BCUT2D eigenvalue weighted by atomic mass is 10.0. The van der Waals surface area contributed by atoms with Crippen LogP contribution in [-0.4, -0.2) is 49.3 Å². The third-order valence-corrected chi connectivity index (χ3v) is 17.5. The Hall–Kier alpha value is -1.77. The van der Waals surface area contributed by atoms with E-state index in [9.17, 15) is 19.0 Å². The Labute approximate surface area is 515 Å². The zero-order valence-electron chi connectivity index (χ0n) is 55.2. The van der Waals surface area contributed by atoms with Crippen LogP contribution in [0.4, 0.5) is 0 Å². The number of esters is 2. The molecule has 0 aliphatic carbocycles. The molecule has 0 aliphatic rings. The van der Waals surface area contributed by atoms with E-state index in [2.05, 4.69) is 50.3 Å². The van der Waals surface area contributed by atoms with E-state index in [1.54, 1.807) is 0 Å². The molecule has 0 heterocycles. The van der Waals surface area contributed by atoms with Crippen molar-refractivity contribution in [2.24, 2.45) is 5.73 Å². The van der Waals surface area contributed by atoms with Gasteiger partial charge in [0.25, 0.3) is 0 Å². The Balaban J connectivity index is 3.81. The SMILES string of the molecule is CCCCCCC/C=C\C/C=C\C/C=C\CCCCCCCCCCCCCCCCCCCCC(=O)OC(COC(=O)CCCCCCCCCCCCCCCCCCCCCCCCCCCCCCC)COP(=O)(O)OCCN. The Kier molecular flexibility index (Phi) is 67.9. The third-order valence-electron chi connectivity index (χ3n) is 16.5. The number of allylic oxidation sites excluding steroid dienone is 6. The van der Waals surface area contributed by atoms with E-state index < -0.39 is 26.5 Å². The zero-order valence-corrected chi connectivity index (χ0v) is 56.1. The first-order chi connectivity index (χ1) is 40.8. The van der Waals surface area contributed by atoms with Crippen LogP contribution >= 0.6 is 7.82 Å². The molecule has 0 aliphatic heterocycles. The van der Waals surface area contributed by atoms with Gasteiger partial charge in [-0.25, -0.2) is 4.57 Å². The van der Waals surface area contributed by atoms with Gasteiger partial charge >= 0.3 is 19.8 Å². The van der Waals surface area contributed by atoms with Gasteiger partial charge in [-0.3, -0.25) is 18.6 Å². The predicted molar refractivity (Wildman–Crippen MR) is 358 cm³/mol. The minimum atomic E-state index is -4.39. The van der Waals surface area contributed by atoms with Gasteiger partial charge in [0.05, 0.1) is 13.2 Å². The predicted octanol–water partition coefficient (Wildman–Crippen LogP) is 23.9. The Bertz CT molecular complexity index is 1450. The molecule has 0 bridgehead atoms. The summed E-state index contributed by atoms with van der Waals surface area (Å²) in [6, 6.07) is 0. The van der Waals surface area contributed by atoms with Crippen molar-refractivity contribution < 1.29 is 37.6 Å². The molecular formula is C73H140NO8P. The molecule has 0 aromatic rings. The van der Waals surface area contributed by atoms with Crippen LogP contribution in [0, 0.1) is 0 Å². The molecule has 0 aromatic heterocycles. The normalized spacial score (nSPS) is 13.1. The number of rotatable bonds is 70. The molecule has 83 heavy (non-hydrogen) atoms. The highest BCUT2D eigenvalue weighted by molar-refractivity contribution is 7.47. The quantitative estimate of drug-likeness (QED) is 0.0264. The molecule has 0 rings (SSSR count). The number of carbonyl (C=O) groups is 2. The lowest BCUT2D eigenvalue weighted by Gasteiger charge is -2.19. The van der Waals surface area contributed by atoms with E-state index in [1.165, 1.54) is 308 Å². The number of nitrogens with two attached hydrogens (primary N) is 1. The highest BCUT2D eigenvalue weighted by Crippen LogP contribution is 2.43. The van der Waals surface area contributed by atoms with Gasteiger partial charge < -0.3 is 20.1 Å². The first kappa shape index (κ1) is 81.2. The van der Waals surface area contributed by atoms with Crippen LogP contribution in [-0.2, 0) is 32.7 Å². The van der Waals surface area contributed by atoms with Gasteiger partial charge in [-0.15, -0.1) is 0 Å². The summed E-state index contributed by atoms with van der Waals surface area (Å²) in [5, 5.41) is 0. The standard InChI is InChI=1S/C73H140NO8P/c1-3-5-7-9-11-13-15-17-19-21-23-25-27-29-31-33-34-35-36-38-40-42-44-46-48-50-52-54-56-58-60-62-64-66-73(76)82-71(70-81-83(77,78)80-68-67-74)69-79-72(75)65-63-61-59-57-55-53-51-49-47-45-43-41-39-37-32-30-28-26-24-22-20-18-16-14-12-10-8-6-4-2/h15,17,21,23,27,29,71H,3-14,16,18-20,22,24-26,28,30-70,74H2,1-2H3,(H,77,78)/b17-15-,23-21-,29-27-. The molecule has 0 fully saturated rings. The van der Waals surface area contributed by atoms with E-state index in [1.807, 2.05) is 0 Å². The highest BCUT2D eigenvalue weighted by atomic mass is 31.2. The number of phosphoric ester groups is 1. The third kappa shape index (κ3) is 69.2. The minimum absolute atomic E-state index is 0.0562. The summed E-state index contributed by atoms with van der Waals surface area (Å²) in [5.41, 5.74) is 5.41. The molecule has 0 aromatic carbocycles. The summed E-state index contributed by atoms with van der Waals surface area (Å²) in [7, 11) is -4.39. The molecule has 0 saturated carbocycles. The second-order valence-electron chi connectivity index (χ2n) is 24.8. The minimum Gasteiger partial charge on any atom is -0.462 e. The van der Waals surface area contributed by atoms with Crippen molar-refractivity contribution in [2.75, 3.05) is 26.4 Å².